The predicted octanol–water partition coefficient (Wildman–Crippen LogP) is 3.75. The van der Waals surface area contributed by atoms with E-state index in [4.69, 9.17) is 9.47 Å². The standard InChI is InChI=1S/C26H43N5O5/c1-25(2,3)35-23(33)28-15-9-7-11-19(30-24(34)36-26(4,5)6)17-22(32)29-20-13-16-31(18-20)21-12-8-10-14-27-21/h8,10,12,14,19-20H,7,9,11,13,15-18H2,1-6H3,(H,28,33)(H,29,32)(H,30,34)/t19-,20?/m0/s1. The first-order valence-electron chi connectivity index (χ1n) is 12.7. The van der Waals surface area contributed by atoms with Gasteiger partial charge >= 0.3 is 12.2 Å². The zero-order chi connectivity index (χ0) is 26.8. The van der Waals surface area contributed by atoms with Crippen molar-refractivity contribution in [2.45, 2.75) is 96.9 Å². The normalized spacial score (nSPS) is 16.7. The number of rotatable bonds is 10. The van der Waals surface area contributed by atoms with Crippen LogP contribution in [-0.4, -0.2) is 66.0 Å². The van der Waals surface area contributed by atoms with Crippen LogP contribution in [0.15, 0.2) is 24.4 Å². The summed E-state index contributed by atoms with van der Waals surface area (Å²) in [7, 11) is 0. The summed E-state index contributed by atoms with van der Waals surface area (Å²) in [5.74, 6) is 0.787. The zero-order valence-corrected chi connectivity index (χ0v) is 22.6. The molecule has 0 radical (unpaired) electrons. The van der Waals surface area contributed by atoms with E-state index in [9.17, 15) is 14.4 Å². The monoisotopic (exact) mass is 505 g/mol. The van der Waals surface area contributed by atoms with Gasteiger partial charge in [0.05, 0.1) is 0 Å². The Bertz CT molecular complexity index is 851. The molecule has 0 saturated carbocycles. The summed E-state index contributed by atoms with van der Waals surface area (Å²) in [5, 5.41) is 8.66. The lowest BCUT2D eigenvalue weighted by Crippen LogP contribution is -2.44. The molecule has 10 heteroatoms. The van der Waals surface area contributed by atoms with Gasteiger partial charge in [-0.1, -0.05) is 6.07 Å². The zero-order valence-electron chi connectivity index (χ0n) is 22.6. The third-order valence-corrected chi connectivity index (χ3v) is 5.33. The van der Waals surface area contributed by atoms with Crippen LogP contribution in [0.3, 0.4) is 0 Å². The fourth-order valence-electron chi connectivity index (χ4n) is 3.86. The Morgan fingerprint density at radius 3 is 2.39 bits per heavy atom. The molecule has 0 bridgehead atoms. The summed E-state index contributed by atoms with van der Waals surface area (Å²) in [5.41, 5.74) is -1.18. The Kier molecular flexibility index (Phi) is 10.8. The molecule has 1 saturated heterocycles. The Balaban J connectivity index is 1.82. The average molecular weight is 506 g/mol. The summed E-state index contributed by atoms with van der Waals surface area (Å²) in [6.07, 6.45) is 3.72. The van der Waals surface area contributed by atoms with Crippen LogP contribution < -0.4 is 20.9 Å². The van der Waals surface area contributed by atoms with E-state index in [1.54, 1.807) is 27.0 Å². The van der Waals surface area contributed by atoms with Crippen molar-refractivity contribution in [1.29, 1.82) is 0 Å². The van der Waals surface area contributed by atoms with Crippen molar-refractivity contribution in [3.63, 3.8) is 0 Å². The van der Waals surface area contributed by atoms with Crippen molar-refractivity contribution in [3.05, 3.63) is 24.4 Å². The molecule has 202 valence electrons. The largest absolute Gasteiger partial charge is 0.444 e. The first kappa shape index (κ1) is 29.2. The first-order valence-corrected chi connectivity index (χ1v) is 12.7. The molecule has 0 aromatic carbocycles. The Labute approximate surface area is 214 Å². The highest BCUT2D eigenvalue weighted by atomic mass is 16.6. The number of ether oxygens (including phenoxy) is 2. The topological polar surface area (TPSA) is 122 Å². The second-order valence-electron chi connectivity index (χ2n) is 11.2. The number of pyridine rings is 1. The number of amides is 3. The molecule has 1 aliphatic rings. The summed E-state index contributed by atoms with van der Waals surface area (Å²) >= 11 is 0. The van der Waals surface area contributed by atoms with Crippen LogP contribution in [0.5, 0.6) is 0 Å². The molecule has 2 rings (SSSR count). The molecular weight excluding hydrogens is 462 g/mol. The van der Waals surface area contributed by atoms with Crippen LogP contribution in [0.4, 0.5) is 15.4 Å². The minimum absolute atomic E-state index is 0.0275. The van der Waals surface area contributed by atoms with Gasteiger partial charge in [0.2, 0.25) is 5.91 Å². The minimum atomic E-state index is -0.632. The van der Waals surface area contributed by atoms with Crippen LogP contribution >= 0.6 is 0 Å². The molecule has 1 fully saturated rings. The molecule has 2 heterocycles. The molecule has 2 atom stereocenters. The summed E-state index contributed by atoms with van der Waals surface area (Å²) in [6.45, 7) is 12.8. The third-order valence-electron chi connectivity index (χ3n) is 5.33. The molecule has 0 spiro atoms. The molecule has 36 heavy (non-hydrogen) atoms. The van der Waals surface area contributed by atoms with E-state index < -0.39 is 23.4 Å². The highest BCUT2D eigenvalue weighted by molar-refractivity contribution is 5.78. The van der Waals surface area contributed by atoms with E-state index in [2.05, 4.69) is 25.8 Å². The van der Waals surface area contributed by atoms with Crippen LogP contribution in [0.25, 0.3) is 0 Å². The highest BCUT2D eigenvalue weighted by Gasteiger charge is 2.27. The van der Waals surface area contributed by atoms with Crippen LogP contribution in [0, 0.1) is 0 Å². The van der Waals surface area contributed by atoms with Gasteiger partial charge in [0.25, 0.3) is 0 Å². The second kappa shape index (κ2) is 13.3. The fraction of sp³-hybridized carbons (Fsp3) is 0.692. The number of aromatic nitrogens is 1. The molecular formula is C26H43N5O5. The molecule has 1 unspecified atom stereocenters. The number of hydrogen-bond donors (Lipinski definition) is 3. The molecule has 0 aliphatic carbocycles. The molecule has 1 aliphatic heterocycles. The van der Waals surface area contributed by atoms with Gasteiger partial charge in [-0.25, -0.2) is 14.6 Å². The molecule has 1 aromatic rings. The number of carbonyl (C=O) groups is 3. The van der Waals surface area contributed by atoms with Crippen molar-refractivity contribution in [1.82, 2.24) is 20.9 Å². The third kappa shape index (κ3) is 12.1. The SMILES string of the molecule is CC(C)(C)OC(=O)NCCCC[C@@H](CC(=O)NC1CCN(c2ccccn2)C1)NC(=O)OC(C)(C)C. The number of hydrogen-bond acceptors (Lipinski definition) is 7. The van der Waals surface area contributed by atoms with Gasteiger partial charge in [0.15, 0.2) is 0 Å². The minimum Gasteiger partial charge on any atom is -0.444 e. The maximum Gasteiger partial charge on any atom is 0.407 e. The Morgan fingerprint density at radius 2 is 1.75 bits per heavy atom. The van der Waals surface area contributed by atoms with Crippen LogP contribution in [0.2, 0.25) is 0 Å². The van der Waals surface area contributed by atoms with Gasteiger partial charge in [0.1, 0.15) is 17.0 Å². The van der Waals surface area contributed by atoms with E-state index >= 15 is 0 Å². The fourth-order valence-corrected chi connectivity index (χ4v) is 3.86. The summed E-state index contributed by atoms with van der Waals surface area (Å²) in [6, 6.07) is 5.44. The van der Waals surface area contributed by atoms with Gasteiger partial charge in [-0.3, -0.25) is 4.79 Å². The van der Waals surface area contributed by atoms with Crippen molar-refractivity contribution in [2.24, 2.45) is 0 Å². The molecule has 3 N–H and O–H groups in total. The van der Waals surface area contributed by atoms with Crippen molar-refractivity contribution in [2.75, 3.05) is 24.5 Å². The number of carbonyl (C=O) groups excluding carboxylic acids is 3. The van der Waals surface area contributed by atoms with Gasteiger partial charge in [0, 0.05) is 44.3 Å². The van der Waals surface area contributed by atoms with Gasteiger partial charge in [-0.2, -0.15) is 0 Å². The number of unbranched alkanes of at least 4 members (excludes halogenated alkanes) is 1. The van der Waals surface area contributed by atoms with Crippen LogP contribution in [0.1, 0.15) is 73.6 Å². The quantitative estimate of drug-likeness (QED) is 0.414. The van der Waals surface area contributed by atoms with Gasteiger partial charge < -0.3 is 30.3 Å². The average Bonchev–Trinajstić information content (AvgIpc) is 3.19. The van der Waals surface area contributed by atoms with E-state index in [0.29, 0.717) is 32.4 Å². The maximum absolute atomic E-state index is 12.8. The maximum atomic E-state index is 12.8. The summed E-state index contributed by atoms with van der Waals surface area (Å²) in [4.78, 5) is 43.5. The number of nitrogens with zero attached hydrogens (tertiary/aromatic N) is 2. The lowest BCUT2D eigenvalue weighted by atomic mass is 10.1. The summed E-state index contributed by atoms with van der Waals surface area (Å²) < 4.78 is 10.6. The van der Waals surface area contributed by atoms with Crippen molar-refractivity contribution in [3.8, 4) is 0 Å². The lowest BCUT2D eigenvalue weighted by molar-refractivity contribution is -0.122. The van der Waals surface area contributed by atoms with E-state index in [-0.39, 0.29) is 24.4 Å². The molecule has 1 aromatic heterocycles. The van der Waals surface area contributed by atoms with Gasteiger partial charge in [-0.05, 0) is 79.4 Å². The smallest absolute Gasteiger partial charge is 0.407 e. The highest BCUT2D eigenvalue weighted by Crippen LogP contribution is 2.18. The molecule has 10 nitrogen and oxygen atoms in total. The number of anilines is 1. The Morgan fingerprint density at radius 1 is 1.06 bits per heavy atom. The van der Waals surface area contributed by atoms with Crippen LogP contribution in [-0.2, 0) is 14.3 Å². The number of alkyl carbamates (subject to hydrolysis) is 2. The second-order valence-corrected chi connectivity index (χ2v) is 11.2. The van der Waals surface area contributed by atoms with Crippen molar-refractivity contribution >= 4 is 23.9 Å². The predicted molar refractivity (Wildman–Crippen MR) is 139 cm³/mol. The number of nitrogens with one attached hydrogen (secondary N) is 3. The van der Waals surface area contributed by atoms with E-state index in [1.807, 2.05) is 39.0 Å². The van der Waals surface area contributed by atoms with Crippen molar-refractivity contribution < 1.29 is 23.9 Å². The first-order chi connectivity index (χ1) is 16.8. The molecule has 3 amide bonds. The lowest BCUT2D eigenvalue weighted by Gasteiger charge is -2.24. The Hall–Kier alpha value is -3.04. The van der Waals surface area contributed by atoms with E-state index in [0.717, 1.165) is 18.8 Å². The van der Waals surface area contributed by atoms with E-state index in [1.165, 1.54) is 0 Å². The van der Waals surface area contributed by atoms with Gasteiger partial charge in [-0.15, -0.1) is 0 Å².